The predicted octanol–water partition coefficient (Wildman–Crippen LogP) is 1.11. The first kappa shape index (κ1) is 17.9. The van der Waals surface area contributed by atoms with E-state index in [4.69, 9.17) is 14.6 Å². The van der Waals surface area contributed by atoms with Gasteiger partial charge in [-0.3, -0.25) is 4.79 Å². The Morgan fingerprint density at radius 1 is 1.00 bits per heavy atom. The largest absolute Gasteiger partial charge is 0.504 e. The topological polar surface area (TPSA) is 113 Å². The van der Waals surface area contributed by atoms with Crippen LogP contribution in [0.1, 0.15) is 18.4 Å². The zero-order valence-electron chi connectivity index (χ0n) is 12.2. The van der Waals surface area contributed by atoms with Crippen molar-refractivity contribution in [3.63, 3.8) is 0 Å². The van der Waals surface area contributed by atoms with Gasteiger partial charge in [0.2, 0.25) is 0 Å². The summed E-state index contributed by atoms with van der Waals surface area (Å²) in [7, 11) is 0. The third kappa shape index (κ3) is 7.61. The van der Waals surface area contributed by atoms with Gasteiger partial charge >= 0.3 is 5.97 Å². The Labute approximate surface area is 128 Å². The summed E-state index contributed by atoms with van der Waals surface area (Å²) in [4.78, 5) is 21.7. The van der Waals surface area contributed by atoms with Gasteiger partial charge in [-0.2, -0.15) is 0 Å². The lowest BCUT2D eigenvalue weighted by Crippen LogP contribution is -2.14. The first-order valence-corrected chi connectivity index (χ1v) is 6.89. The van der Waals surface area contributed by atoms with Crippen molar-refractivity contribution >= 4 is 11.8 Å². The number of phenolic OH excluding ortho intramolecular Hbond substituents is 2. The van der Waals surface area contributed by atoms with E-state index in [0.29, 0.717) is 19.3 Å². The van der Waals surface area contributed by atoms with Crippen molar-refractivity contribution in [2.45, 2.75) is 19.3 Å². The number of aliphatic carboxylic acids is 1. The predicted molar refractivity (Wildman–Crippen MR) is 77.0 cm³/mol. The van der Waals surface area contributed by atoms with E-state index < -0.39 is 5.97 Å². The Hall–Kier alpha value is -2.12. The Kier molecular flexibility index (Phi) is 7.95. The third-order valence-corrected chi connectivity index (χ3v) is 2.82. The number of carboxylic acid groups (broad SMARTS) is 1. The second kappa shape index (κ2) is 9.75. The number of ketones is 1. The minimum atomic E-state index is -1.05. The maximum Gasteiger partial charge on any atom is 0.329 e. The molecule has 0 spiro atoms. The van der Waals surface area contributed by atoms with Crippen LogP contribution in [0.4, 0.5) is 0 Å². The lowest BCUT2D eigenvalue weighted by Gasteiger charge is -2.05. The molecule has 3 N–H and O–H groups in total. The standard InChI is InChI=1S/C15H20O7/c16-12(9-21-6-7-22-10-15(19)20)3-1-2-11-4-5-13(17)14(18)8-11/h4-5,8,17-18H,1-3,6-7,9-10H2,(H,19,20). The molecule has 0 atom stereocenters. The van der Waals surface area contributed by atoms with Gasteiger partial charge in [0.15, 0.2) is 17.3 Å². The smallest absolute Gasteiger partial charge is 0.329 e. The lowest BCUT2D eigenvalue weighted by atomic mass is 10.1. The molecule has 1 aromatic carbocycles. The molecule has 0 bridgehead atoms. The summed E-state index contributed by atoms with van der Waals surface area (Å²) in [6, 6.07) is 4.57. The van der Waals surface area contributed by atoms with Gasteiger partial charge in [-0.15, -0.1) is 0 Å². The summed E-state index contributed by atoms with van der Waals surface area (Å²) >= 11 is 0. The van der Waals surface area contributed by atoms with Gasteiger partial charge in [0.25, 0.3) is 0 Å². The minimum Gasteiger partial charge on any atom is -0.504 e. The average Bonchev–Trinajstić information content (AvgIpc) is 2.46. The van der Waals surface area contributed by atoms with Crippen molar-refractivity contribution in [1.29, 1.82) is 0 Å². The summed E-state index contributed by atoms with van der Waals surface area (Å²) < 4.78 is 9.83. The highest BCUT2D eigenvalue weighted by molar-refractivity contribution is 5.79. The zero-order valence-corrected chi connectivity index (χ0v) is 12.2. The number of phenols is 2. The van der Waals surface area contributed by atoms with Crippen LogP contribution in [0.5, 0.6) is 11.5 Å². The van der Waals surface area contributed by atoms with Crippen molar-refractivity contribution in [3.05, 3.63) is 23.8 Å². The highest BCUT2D eigenvalue weighted by atomic mass is 16.5. The van der Waals surface area contributed by atoms with Gasteiger partial charge in [0.05, 0.1) is 13.2 Å². The molecule has 1 aromatic rings. The molecule has 0 aliphatic carbocycles. The summed E-state index contributed by atoms with van der Waals surface area (Å²) in [5.74, 6) is -1.44. The number of Topliss-reactive ketones (excluding diaryl/α,β-unsaturated/α-hetero) is 1. The summed E-state index contributed by atoms with van der Waals surface area (Å²) in [6.45, 7) is -0.106. The van der Waals surface area contributed by atoms with Gasteiger partial charge in [0.1, 0.15) is 13.2 Å². The molecule has 122 valence electrons. The first-order valence-electron chi connectivity index (χ1n) is 6.89. The van der Waals surface area contributed by atoms with Crippen LogP contribution < -0.4 is 0 Å². The van der Waals surface area contributed by atoms with Crippen LogP contribution in [-0.2, 0) is 25.5 Å². The Morgan fingerprint density at radius 2 is 1.68 bits per heavy atom. The van der Waals surface area contributed by atoms with Gasteiger partial charge in [-0.25, -0.2) is 4.79 Å². The fraction of sp³-hybridized carbons (Fsp3) is 0.467. The molecule has 0 aromatic heterocycles. The zero-order chi connectivity index (χ0) is 16.4. The molecule has 0 fully saturated rings. The number of carbonyl (C=O) groups excluding carboxylic acids is 1. The molecular formula is C15H20O7. The van der Waals surface area contributed by atoms with Gasteiger partial charge in [-0.1, -0.05) is 6.07 Å². The fourth-order valence-electron chi connectivity index (χ4n) is 1.75. The average molecular weight is 312 g/mol. The lowest BCUT2D eigenvalue weighted by molar-refractivity contribution is -0.143. The first-order chi connectivity index (χ1) is 10.5. The number of benzene rings is 1. The van der Waals surface area contributed by atoms with Crippen molar-refractivity contribution in [2.75, 3.05) is 26.4 Å². The molecule has 0 saturated carbocycles. The molecule has 0 aliphatic heterocycles. The normalized spacial score (nSPS) is 10.5. The molecule has 1 rings (SSSR count). The SMILES string of the molecule is O=C(O)COCCOCC(=O)CCCc1ccc(O)c(O)c1. The second-order valence-electron chi connectivity index (χ2n) is 4.71. The number of hydrogen-bond acceptors (Lipinski definition) is 6. The van der Waals surface area contributed by atoms with E-state index in [0.717, 1.165) is 5.56 Å². The van der Waals surface area contributed by atoms with Crippen molar-refractivity contribution < 1.29 is 34.4 Å². The van der Waals surface area contributed by atoms with E-state index in [-0.39, 0.29) is 43.7 Å². The number of rotatable bonds is 11. The molecule has 0 radical (unpaired) electrons. The minimum absolute atomic E-state index is 0.0305. The molecule has 7 nitrogen and oxygen atoms in total. The summed E-state index contributed by atoms with van der Waals surface area (Å²) in [5, 5.41) is 26.9. The van der Waals surface area contributed by atoms with Gasteiger partial charge in [0, 0.05) is 6.42 Å². The van der Waals surface area contributed by atoms with Crippen LogP contribution in [0, 0.1) is 0 Å². The van der Waals surface area contributed by atoms with Crippen LogP contribution >= 0.6 is 0 Å². The number of aromatic hydroxyl groups is 2. The summed E-state index contributed by atoms with van der Waals surface area (Å²) in [5.41, 5.74) is 0.839. The van der Waals surface area contributed by atoms with Crippen LogP contribution in [0.25, 0.3) is 0 Å². The molecule has 22 heavy (non-hydrogen) atoms. The highest BCUT2D eigenvalue weighted by Gasteiger charge is 2.05. The van der Waals surface area contributed by atoms with E-state index in [2.05, 4.69) is 0 Å². The molecule has 0 aliphatic rings. The Bertz CT molecular complexity index is 499. The van der Waals surface area contributed by atoms with Crippen molar-refractivity contribution in [2.24, 2.45) is 0 Å². The van der Waals surface area contributed by atoms with Gasteiger partial charge < -0.3 is 24.8 Å². The van der Waals surface area contributed by atoms with E-state index in [1.165, 1.54) is 12.1 Å². The van der Waals surface area contributed by atoms with Crippen LogP contribution in [-0.4, -0.2) is 53.5 Å². The maximum absolute atomic E-state index is 11.5. The molecule has 0 saturated heterocycles. The van der Waals surface area contributed by atoms with E-state index in [1.807, 2.05) is 0 Å². The molecule has 0 unspecified atom stereocenters. The van der Waals surface area contributed by atoms with Crippen LogP contribution in [0.15, 0.2) is 18.2 Å². The monoisotopic (exact) mass is 312 g/mol. The van der Waals surface area contributed by atoms with Crippen LogP contribution in [0.2, 0.25) is 0 Å². The number of aryl methyl sites for hydroxylation is 1. The van der Waals surface area contributed by atoms with E-state index in [1.54, 1.807) is 6.07 Å². The van der Waals surface area contributed by atoms with Crippen molar-refractivity contribution in [1.82, 2.24) is 0 Å². The van der Waals surface area contributed by atoms with Crippen molar-refractivity contribution in [3.8, 4) is 11.5 Å². The van der Waals surface area contributed by atoms with E-state index in [9.17, 15) is 19.8 Å². The van der Waals surface area contributed by atoms with Crippen LogP contribution in [0.3, 0.4) is 0 Å². The third-order valence-electron chi connectivity index (χ3n) is 2.82. The number of hydrogen-bond donors (Lipinski definition) is 3. The molecular weight excluding hydrogens is 292 g/mol. The second-order valence-corrected chi connectivity index (χ2v) is 4.71. The Balaban J connectivity index is 2.08. The number of ether oxygens (including phenoxy) is 2. The Morgan fingerprint density at radius 3 is 2.32 bits per heavy atom. The molecule has 7 heteroatoms. The molecule has 0 heterocycles. The highest BCUT2D eigenvalue weighted by Crippen LogP contribution is 2.25. The van der Waals surface area contributed by atoms with Gasteiger partial charge in [-0.05, 0) is 30.5 Å². The number of carbonyl (C=O) groups is 2. The quantitative estimate of drug-likeness (QED) is 0.414. The maximum atomic E-state index is 11.5. The summed E-state index contributed by atoms with van der Waals surface area (Å²) in [6.07, 6.45) is 1.57. The fourth-order valence-corrected chi connectivity index (χ4v) is 1.75. The van der Waals surface area contributed by atoms with E-state index >= 15 is 0 Å². The number of carboxylic acids is 1. The molecule has 0 amide bonds.